The predicted molar refractivity (Wildman–Crippen MR) is 121 cm³/mol. The minimum absolute atomic E-state index is 0.00578. The van der Waals surface area contributed by atoms with E-state index >= 15 is 0 Å². The van der Waals surface area contributed by atoms with Crippen LogP contribution in [-0.2, 0) is 4.79 Å². The van der Waals surface area contributed by atoms with Crippen molar-refractivity contribution in [1.82, 2.24) is 10.2 Å². The summed E-state index contributed by atoms with van der Waals surface area (Å²) in [4.78, 5) is 27.7. The van der Waals surface area contributed by atoms with Crippen molar-refractivity contribution in [3.63, 3.8) is 0 Å². The Kier molecular flexibility index (Phi) is 6.62. The summed E-state index contributed by atoms with van der Waals surface area (Å²) in [6.07, 6.45) is 5.18. The lowest BCUT2D eigenvalue weighted by atomic mass is 9.51. The molecule has 5 nitrogen and oxygen atoms in total. The van der Waals surface area contributed by atoms with Crippen LogP contribution in [0.25, 0.3) is 0 Å². The fourth-order valence-corrected chi connectivity index (χ4v) is 6.79. The number of hydrogen-bond acceptors (Lipinski definition) is 3. The molecule has 3 aliphatic rings. The van der Waals surface area contributed by atoms with E-state index in [2.05, 4.69) is 19.2 Å². The van der Waals surface area contributed by atoms with Gasteiger partial charge in [0.25, 0.3) is 5.91 Å². The second-order valence-electron chi connectivity index (χ2n) is 10.7. The van der Waals surface area contributed by atoms with Gasteiger partial charge in [-0.05, 0) is 79.9 Å². The monoisotopic (exact) mass is 444 g/mol. The molecular formula is C26H37FN2O3. The van der Waals surface area contributed by atoms with Gasteiger partial charge in [-0.15, -0.1) is 0 Å². The highest BCUT2D eigenvalue weighted by molar-refractivity contribution is 5.94. The molecule has 1 aromatic rings. The molecular weight excluding hydrogens is 407 g/mol. The number of halogens is 1. The molecule has 6 heteroatoms. The maximum absolute atomic E-state index is 13.6. The fourth-order valence-electron chi connectivity index (χ4n) is 6.79. The zero-order valence-corrected chi connectivity index (χ0v) is 19.5. The molecule has 1 heterocycles. The molecule has 1 aromatic carbocycles. The molecule has 2 saturated carbocycles. The number of rotatable bonds is 4. The molecule has 3 fully saturated rings. The molecule has 0 radical (unpaired) electrons. The van der Waals surface area contributed by atoms with Crippen LogP contribution in [0.15, 0.2) is 24.3 Å². The van der Waals surface area contributed by atoms with Crippen molar-refractivity contribution in [2.45, 2.75) is 71.4 Å². The summed E-state index contributed by atoms with van der Waals surface area (Å²) in [7, 11) is 0. The first-order chi connectivity index (χ1) is 15.2. The lowest BCUT2D eigenvalue weighted by Gasteiger charge is -2.56. The van der Waals surface area contributed by atoms with Gasteiger partial charge in [-0.2, -0.15) is 0 Å². The van der Waals surface area contributed by atoms with Crippen LogP contribution in [-0.4, -0.2) is 47.1 Å². The normalized spacial score (nSPS) is 35.8. The maximum atomic E-state index is 13.6. The molecule has 2 amide bonds. The summed E-state index contributed by atoms with van der Waals surface area (Å²) in [6.45, 7) is 8.01. The quantitative estimate of drug-likeness (QED) is 0.737. The maximum Gasteiger partial charge on any atom is 0.251 e. The van der Waals surface area contributed by atoms with Crippen LogP contribution >= 0.6 is 0 Å². The van der Waals surface area contributed by atoms with Gasteiger partial charge in [0, 0.05) is 30.6 Å². The number of aliphatic hydroxyl groups excluding tert-OH is 1. The van der Waals surface area contributed by atoms with E-state index in [4.69, 9.17) is 0 Å². The third-order valence-electron chi connectivity index (χ3n) is 8.74. The SMILES string of the molecule is CC(C(=O)N1CCCC1)C1CCC2(C)CCC(NC(=O)c3cccc(F)c3)C(C)C2C1O. The van der Waals surface area contributed by atoms with E-state index < -0.39 is 11.9 Å². The van der Waals surface area contributed by atoms with E-state index in [1.54, 1.807) is 12.1 Å². The van der Waals surface area contributed by atoms with E-state index in [0.29, 0.717) is 5.56 Å². The van der Waals surface area contributed by atoms with E-state index in [0.717, 1.165) is 51.6 Å². The van der Waals surface area contributed by atoms with Crippen LogP contribution in [0.1, 0.15) is 69.7 Å². The summed E-state index contributed by atoms with van der Waals surface area (Å²) < 4.78 is 13.6. The number of carbonyl (C=O) groups is 2. The Morgan fingerprint density at radius 1 is 1.22 bits per heavy atom. The number of amides is 2. The summed E-state index contributed by atoms with van der Waals surface area (Å²) in [5.74, 6) is -0.689. The standard InChI is InChI=1S/C26H37FN2O3/c1-16(25(32)29-13-4-5-14-29)20-9-11-26(3)12-10-21(17(2)22(26)23(20)30)28-24(31)18-7-6-8-19(27)15-18/h6-8,15-17,20-23,30H,4-5,9-14H2,1-3H3,(H,28,31). The fraction of sp³-hybridized carbons (Fsp3) is 0.692. The molecule has 0 aromatic heterocycles. The second-order valence-corrected chi connectivity index (χ2v) is 10.7. The third kappa shape index (κ3) is 4.30. The van der Waals surface area contributed by atoms with Gasteiger partial charge in [-0.3, -0.25) is 9.59 Å². The summed E-state index contributed by atoms with van der Waals surface area (Å²) in [5.41, 5.74) is 0.323. The number of hydrogen-bond donors (Lipinski definition) is 2. The number of likely N-dealkylation sites (tertiary alicyclic amines) is 1. The lowest BCUT2D eigenvalue weighted by molar-refractivity contribution is -0.149. The average Bonchev–Trinajstić information content (AvgIpc) is 3.30. The van der Waals surface area contributed by atoms with Gasteiger partial charge in [0.2, 0.25) is 5.91 Å². The third-order valence-corrected chi connectivity index (χ3v) is 8.74. The molecule has 7 atom stereocenters. The number of carbonyl (C=O) groups excluding carboxylic acids is 2. The van der Waals surface area contributed by atoms with Crippen LogP contribution in [0, 0.1) is 34.9 Å². The van der Waals surface area contributed by atoms with Crippen LogP contribution < -0.4 is 5.32 Å². The van der Waals surface area contributed by atoms with Gasteiger partial charge in [-0.25, -0.2) is 4.39 Å². The van der Waals surface area contributed by atoms with E-state index in [9.17, 15) is 19.1 Å². The Hall–Kier alpha value is -1.95. The Morgan fingerprint density at radius 2 is 1.91 bits per heavy atom. The summed E-state index contributed by atoms with van der Waals surface area (Å²) in [5, 5.41) is 14.6. The van der Waals surface area contributed by atoms with Crippen LogP contribution in [0.4, 0.5) is 4.39 Å². The molecule has 0 spiro atoms. The minimum Gasteiger partial charge on any atom is -0.392 e. The summed E-state index contributed by atoms with van der Waals surface area (Å²) in [6, 6.07) is 5.66. The highest BCUT2D eigenvalue weighted by Crippen LogP contribution is 2.55. The highest BCUT2D eigenvalue weighted by Gasteiger charge is 2.54. The number of benzene rings is 1. The predicted octanol–water partition coefficient (Wildman–Crippen LogP) is 4.01. The average molecular weight is 445 g/mol. The largest absolute Gasteiger partial charge is 0.392 e. The van der Waals surface area contributed by atoms with E-state index in [1.807, 2.05) is 11.8 Å². The van der Waals surface area contributed by atoms with Crippen molar-refractivity contribution in [3.8, 4) is 0 Å². The highest BCUT2D eigenvalue weighted by atomic mass is 19.1. The van der Waals surface area contributed by atoms with Gasteiger partial charge >= 0.3 is 0 Å². The topological polar surface area (TPSA) is 69.6 Å². The molecule has 176 valence electrons. The molecule has 0 bridgehead atoms. The number of nitrogens with one attached hydrogen (secondary N) is 1. The zero-order valence-electron chi connectivity index (χ0n) is 19.5. The van der Waals surface area contributed by atoms with Crippen molar-refractivity contribution < 1.29 is 19.1 Å². The molecule has 32 heavy (non-hydrogen) atoms. The van der Waals surface area contributed by atoms with Gasteiger partial charge < -0.3 is 15.3 Å². The van der Waals surface area contributed by atoms with Crippen LogP contribution in [0.2, 0.25) is 0 Å². The van der Waals surface area contributed by atoms with E-state index in [-0.39, 0.29) is 46.9 Å². The van der Waals surface area contributed by atoms with Crippen molar-refractivity contribution in [3.05, 3.63) is 35.6 Å². The molecule has 1 saturated heterocycles. The summed E-state index contributed by atoms with van der Waals surface area (Å²) >= 11 is 0. The Labute approximate surface area is 190 Å². The Bertz CT molecular complexity index is 855. The first-order valence-electron chi connectivity index (χ1n) is 12.2. The van der Waals surface area contributed by atoms with Gasteiger partial charge in [0.05, 0.1) is 6.10 Å². The molecule has 2 aliphatic carbocycles. The first-order valence-corrected chi connectivity index (χ1v) is 12.2. The van der Waals surface area contributed by atoms with Crippen molar-refractivity contribution >= 4 is 11.8 Å². The molecule has 2 N–H and O–H groups in total. The zero-order chi connectivity index (χ0) is 23.0. The Balaban J connectivity index is 1.48. The van der Waals surface area contributed by atoms with Crippen LogP contribution in [0.5, 0.6) is 0 Å². The van der Waals surface area contributed by atoms with Gasteiger partial charge in [0.15, 0.2) is 0 Å². The molecule has 7 unspecified atom stereocenters. The van der Waals surface area contributed by atoms with Gasteiger partial charge in [-0.1, -0.05) is 26.8 Å². The van der Waals surface area contributed by atoms with Crippen molar-refractivity contribution in [2.75, 3.05) is 13.1 Å². The molecule has 4 rings (SSSR count). The molecule has 1 aliphatic heterocycles. The number of aliphatic hydroxyl groups is 1. The van der Waals surface area contributed by atoms with Crippen molar-refractivity contribution in [2.24, 2.45) is 29.1 Å². The van der Waals surface area contributed by atoms with E-state index in [1.165, 1.54) is 12.1 Å². The van der Waals surface area contributed by atoms with Crippen molar-refractivity contribution in [1.29, 1.82) is 0 Å². The first kappa shape index (κ1) is 23.2. The minimum atomic E-state index is -0.570. The van der Waals surface area contributed by atoms with Gasteiger partial charge in [0.1, 0.15) is 5.82 Å². The Morgan fingerprint density at radius 3 is 2.59 bits per heavy atom. The smallest absolute Gasteiger partial charge is 0.251 e. The number of fused-ring (bicyclic) bond motifs is 1. The number of nitrogens with zero attached hydrogens (tertiary/aromatic N) is 1. The van der Waals surface area contributed by atoms with Crippen LogP contribution in [0.3, 0.4) is 0 Å². The lowest BCUT2D eigenvalue weighted by Crippen LogP contribution is -2.58. The second kappa shape index (κ2) is 9.12.